The van der Waals surface area contributed by atoms with Crippen molar-refractivity contribution in [1.82, 2.24) is 5.16 Å². The van der Waals surface area contributed by atoms with Gasteiger partial charge in [0.1, 0.15) is 11.4 Å². The number of anilines is 2. The summed E-state index contributed by atoms with van der Waals surface area (Å²) in [6, 6.07) is 13.1. The predicted octanol–water partition coefficient (Wildman–Crippen LogP) is 6.62. The lowest BCUT2D eigenvalue weighted by atomic mass is 10.0. The Morgan fingerprint density at radius 2 is 1.80 bits per heavy atom. The summed E-state index contributed by atoms with van der Waals surface area (Å²) in [5.41, 5.74) is 2.37. The van der Waals surface area contributed by atoms with E-state index in [-0.39, 0.29) is 11.0 Å². The second-order valence-electron chi connectivity index (χ2n) is 8.78. The molecular weight excluding hydrogens is 490 g/mol. The number of nitrogens with one attached hydrogen (secondary N) is 1. The number of halogens is 1. The Kier molecular flexibility index (Phi) is 7.37. The Morgan fingerprint density at radius 3 is 2.43 bits per heavy atom. The minimum Gasteiger partial charge on any atom is -0.465 e. The van der Waals surface area contributed by atoms with Gasteiger partial charge in [0.15, 0.2) is 5.76 Å². The van der Waals surface area contributed by atoms with Crippen molar-refractivity contribution in [2.75, 3.05) is 9.62 Å². The molecule has 0 spiro atoms. The molecule has 0 radical (unpaired) electrons. The first-order valence-corrected chi connectivity index (χ1v) is 13.5. The van der Waals surface area contributed by atoms with Crippen molar-refractivity contribution in [3.63, 3.8) is 0 Å². The average molecular weight is 518 g/mol. The van der Waals surface area contributed by atoms with E-state index in [0.29, 0.717) is 46.1 Å². The molecule has 35 heavy (non-hydrogen) atoms. The Labute approximate surface area is 209 Å². The number of carboxylic acid groups (broad SMARTS) is 1. The normalized spacial score (nSPS) is 15.5. The molecule has 1 unspecified atom stereocenters. The molecule has 0 aliphatic heterocycles. The van der Waals surface area contributed by atoms with Crippen LogP contribution in [0.15, 0.2) is 53.1 Å². The maximum absolute atomic E-state index is 12.7. The van der Waals surface area contributed by atoms with E-state index in [4.69, 9.17) is 16.1 Å². The fourth-order valence-corrected chi connectivity index (χ4v) is 6.44. The van der Waals surface area contributed by atoms with Crippen molar-refractivity contribution < 1.29 is 22.8 Å². The second-order valence-corrected chi connectivity index (χ2v) is 11.1. The van der Waals surface area contributed by atoms with Crippen LogP contribution in [0.1, 0.15) is 56.3 Å². The van der Waals surface area contributed by atoms with E-state index in [1.165, 1.54) is 4.90 Å². The van der Waals surface area contributed by atoms with Gasteiger partial charge in [0.2, 0.25) is 10.0 Å². The molecule has 10 heteroatoms. The number of sulfonamides is 1. The van der Waals surface area contributed by atoms with Gasteiger partial charge in [0.05, 0.1) is 11.3 Å². The quantitative estimate of drug-likeness (QED) is 0.364. The second kappa shape index (κ2) is 10.3. The highest BCUT2D eigenvalue weighted by Gasteiger charge is 2.32. The van der Waals surface area contributed by atoms with Gasteiger partial charge in [-0.3, -0.25) is 9.62 Å². The standard InChI is InChI=1S/C25H28ClN3O5S/c1-16-23(29(25(30)31)17(2)21-10-6-7-11-22(21)26)24(34-27-16)18-12-14-19(15-13-18)28-35(32,33)20-8-4-3-5-9-20/h6-7,10-15,17,20,28H,3-5,8-9H2,1-2H3,(H,30,31). The number of nitrogens with zero attached hydrogens (tertiary/aromatic N) is 2. The lowest BCUT2D eigenvalue weighted by molar-refractivity contribution is 0.199. The summed E-state index contributed by atoms with van der Waals surface area (Å²) in [4.78, 5) is 13.5. The third kappa shape index (κ3) is 5.31. The lowest BCUT2D eigenvalue weighted by Crippen LogP contribution is -2.33. The van der Waals surface area contributed by atoms with E-state index in [0.717, 1.165) is 19.3 Å². The molecule has 4 rings (SSSR count). The molecule has 1 saturated carbocycles. The summed E-state index contributed by atoms with van der Waals surface area (Å²) in [5.74, 6) is 0.269. The van der Waals surface area contributed by atoms with Gasteiger partial charge in [-0.2, -0.15) is 0 Å². The summed E-state index contributed by atoms with van der Waals surface area (Å²) < 4.78 is 33.7. The van der Waals surface area contributed by atoms with Crippen molar-refractivity contribution in [3.8, 4) is 11.3 Å². The van der Waals surface area contributed by atoms with Gasteiger partial charge in [-0.25, -0.2) is 13.2 Å². The fourth-order valence-electron chi connectivity index (χ4n) is 4.56. The highest BCUT2D eigenvalue weighted by molar-refractivity contribution is 7.93. The minimum absolute atomic E-state index is 0.269. The Bertz CT molecular complexity index is 1300. The summed E-state index contributed by atoms with van der Waals surface area (Å²) in [6.07, 6.45) is 3.07. The topological polar surface area (TPSA) is 113 Å². The van der Waals surface area contributed by atoms with Gasteiger partial charge in [-0.05, 0) is 62.6 Å². The first-order valence-electron chi connectivity index (χ1n) is 11.5. The van der Waals surface area contributed by atoms with Crippen molar-refractivity contribution in [2.24, 2.45) is 0 Å². The number of rotatable bonds is 7. The van der Waals surface area contributed by atoms with Crippen LogP contribution in [0.2, 0.25) is 5.02 Å². The van der Waals surface area contributed by atoms with Gasteiger partial charge in [-0.15, -0.1) is 0 Å². The number of carbonyl (C=O) groups is 1. The van der Waals surface area contributed by atoms with E-state index in [1.807, 2.05) is 0 Å². The van der Waals surface area contributed by atoms with Crippen LogP contribution in [0.4, 0.5) is 16.2 Å². The summed E-state index contributed by atoms with van der Waals surface area (Å²) in [5, 5.41) is 14.2. The lowest BCUT2D eigenvalue weighted by Gasteiger charge is -2.27. The zero-order chi connectivity index (χ0) is 25.2. The monoisotopic (exact) mass is 517 g/mol. The number of benzene rings is 2. The third-order valence-corrected chi connectivity index (χ3v) is 8.63. The van der Waals surface area contributed by atoms with Crippen molar-refractivity contribution in [2.45, 2.75) is 57.2 Å². The third-order valence-electron chi connectivity index (χ3n) is 6.42. The van der Waals surface area contributed by atoms with Crippen LogP contribution in [0.5, 0.6) is 0 Å². The molecule has 2 N–H and O–H groups in total. The number of amides is 1. The SMILES string of the molecule is Cc1noc(-c2ccc(NS(=O)(=O)C3CCCCC3)cc2)c1N(C(=O)O)C(C)c1ccccc1Cl. The van der Waals surface area contributed by atoms with Gasteiger partial charge in [0.25, 0.3) is 0 Å². The number of hydrogen-bond donors (Lipinski definition) is 2. The zero-order valence-corrected chi connectivity index (χ0v) is 21.1. The maximum Gasteiger partial charge on any atom is 0.412 e. The van der Waals surface area contributed by atoms with Gasteiger partial charge >= 0.3 is 6.09 Å². The number of hydrogen-bond acceptors (Lipinski definition) is 5. The van der Waals surface area contributed by atoms with E-state index >= 15 is 0 Å². The first kappa shape index (κ1) is 25.1. The van der Waals surface area contributed by atoms with E-state index < -0.39 is 22.2 Å². The highest BCUT2D eigenvalue weighted by Crippen LogP contribution is 2.40. The molecule has 0 saturated heterocycles. The maximum atomic E-state index is 12.7. The van der Waals surface area contributed by atoms with Crippen LogP contribution in [0, 0.1) is 6.92 Å². The summed E-state index contributed by atoms with van der Waals surface area (Å²) >= 11 is 6.34. The van der Waals surface area contributed by atoms with Gasteiger partial charge in [0, 0.05) is 16.3 Å². The molecule has 1 aromatic heterocycles. The van der Waals surface area contributed by atoms with Crippen LogP contribution in [0.25, 0.3) is 11.3 Å². The van der Waals surface area contributed by atoms with Crippen LogP contribution >= 0.6 is 11.6 Å². The molecule has 1 fully saturated rings. The molecule has 0 bridgehead atoms. The smallest absolute Gasteiger partial charge is 0.412 e. The number of aryl methyl sites for hydroxylation is 1. The van der Waals surface area contributed by atoms with E-state index in [2.05, 4.69) is 9.88 Å². The number of aromatic nitrogens is 1. The predicted molar refractivity (Wildman–Crippen MR) is 136 cm³/mol. The molecule has 186 valence electrons. The van der Waals surface area contributed by atoms with Gasteiger partial charge in [-0.1, -0.05) is 54.2 Å². The van der Waals surface area contributed by atoms with Crippen molar-refractivity contribution in [1.29, 1.82) is 0 Å². The Balaban J connectivity index is 1.63. The average Bonchev–Trinajstić information content (AvgIpc) is 3.21. The van der Waals surface area contributed by atoms with Crippen LogP contribution in [-0.2, 0) is 10.0 Å². The summed E-state index contributed by atoms with van der Waals surface area (Å²) in [6.45, 7) is 3.42. The van der Waals surface area contributed by atoms with Crippen LogP contribution < -0.4 is 9.62 Å². The first-order chi connectivity index (χ1) is 16.7. The van der Waals surface area contributed by atoms with Crippen LogP contribution in [-0.4, -0.2) is 30.0 Å². The fraction of sp³-hybridized carbons (Fsp3) is 0.360. The molecule has 1 amide bonds. The van der Waals surface area contributed by atoms with E-state index in [1.54, 1.807) is 62.4 Å². The van der Waals surface area contributed by atoms with Crippen molar-refractivity contribution >= 4 is 39.1 Å². The molecule has 1 atom stereocenters. The van der Waals surface area contributed by atoms with Crippen LogP contribution in [0.3, 0.4) is 0 Å². The molecule has 1 aliphatic carbocycles. The van der Waals surface area contributed by atoms with Gasteiger partial charge < -0.3 is 9.63 Å². The molecule has 8 nitrogen and oxygen atoms in total. The molecular formula is C25H28ClN3O5S. The summed E-state index contributed by atoms with van der Waals surface area (Å²) in [7, 11) is -3.47. The highest BCUT2D eigenvalue weighted by atomic mass is 35.5. The van der Waals surface area contributed by atoms with Crippen molar-refractivity contribution in [3.05, 3.63) is 64.8 Å². The molecule has 3 aromatic rings. The Hall–Kier alpha value is -3.04. The molecule has 1 heterocycles. The van der Waals surface area contributed by atoms with E-state index in [9.17, 15) is 18.3 Å². The largest absolute Gasteiger partial charge is 0.465 e. The molecule has 2 aromatic carbocycles. The zero-order valence-electron chi connectivity index (χ0n) is 19.6. The Morgan fingerprint density at radius 1 is 1.14 bits per heavy atom. The molecule has 1 aliphatic rings. The minimum atomic E-state index is -3.47.